The Morgan fingerprint density at radius 2 is 1.74 bits per heavy atom. The highest BCUT2D eigenvalue weighted by molar-refractivity contribution is 7.89. The maximum Gasteiger partial charge on any atom is 0.215 e. The van der Waals surface area contributed by atoms with Crippen molar-refractivity contribution in [2.45, 2.75) is 27.3 Å². The van der Waals surface area contributed by atoms with Crippen LogP contribution in [0.5, 0.6) is 0 Å². The van der Waals surface area contributed by atoms with E-state index in [0.717, 1.165) is 12.1 Å². The molecule has 0 bridgehead atoms. The van der Waals surface area contributed by atoms with E-state index in [1.807, 2.05) is 51.1 Å². The number of hydrogen-bond acceptors (Lipinski definition) is 3. The van der Waals surface area contributed by atoms with Crippen molar-refractivity contribution in [3.63, 3.8) is 0 Å². The van der Waals surface area contributed by atoms with E-state index in [4.69, 9.17) is 0 Å². The topological polar surface area (TPSA) is 73.8 Å². The minimum absolute atomic E-state index is 0.0600. The molecular formula is C16H28N4O2S. The fourth-order valence-electron chi connectivity index (χ4n) is 2.14. The molecule has 1 rings (SSSR count). The second-order valence-corrected chi connectivity index (χ2v) is 7.10. The maximum atomic E-state index is 12.1. The summed E-state index contributed by atoms with van der Waals surface area (Å²) in [5, 5.41) is 6.21. The monoisotopic (exact) mass is 340 g/mol. The van der Waals surface area contributed by atoms with Crippen molar-refractivity contribution < 1.29 is 8.42 Å². The van der Waals surface area contributed by atoms with Gasteiger partial charge in [0.1, 0.15) is 0 Å². The van der Waals surface area contributed by atoms with E-state index in [-0.39, 0.29) is 5.75 Å². The molecule has 0 spiro atoms. The Hall–Kier alpha value is -1.60. The molecule has 0 amide bonds. The average Bonchev–Trinajstić information content (AvgIpc) is 2.54. The number of rotatable bonds is 9. The first-order chi connectivity index (χ1) is 11.0. The molecule has 0 aliphatic rings. The lowest BCUT2D eigenvalue weighted by Crippen LogP contribution is -2.42. The second kappa shape index (κ2) is 10.2. The molecule has 23 heavy (non-hydrogen) atoms. The van der Waals surface area contributed by atoms with Gasteiger partial charge in [-0.2, -0.15) is 0 Å². The highest BCUT2D eigenvalue weighted by Gasteiger charge is 2.18. The van der Waals surface area contributed by atoms with Crippen molar-refractivity contribution in [3.05, 3.63) is 35.9 Å². The van der Waals surface area contributed by atoms with Crippen molar-refractivity contribution in [3.8, 4) is 0 Å². The highest BCUT2D eigenvalue weighted by Crippen LogP contribution is 2.01. The molecule has 1 aromatic rings. The van der Waals surface area contributed by atoms with Gasteiger partial charge in [-0.3, -0.25) is 0 Å². The van der Waals surface area contributed by atoms with E-state index in [1.165, 1.54) is 4.31 Å². The van der Waals surface area contributed by atoms with Crippen LogP contribution in [0.2, 0.25) is 0 Å². The molecule has 0 aromatic heterocycles. The van der Waals surface area contributed by atoms with Crippen LogP contribution in [0.1, 0.15) is 26.3 Å². The van der Waals surface area contributed by atoms with Crippen LogP contribution in [0.25, 0.3) is 0 Å². The van der Waals surface area contributed by atoms with Gasteiger partial charge in [-0.05, 0) is 12.5 Å². The van der Waals surface area contributed by atoms with Crippen LogP contribution in [-0.2, 0) is 16.6 Å². The van der Waals surface area contributed by atoms with E-state index >= 15 is 0 Å². The molecular weight excluding hydrogens is 312 g/mol. The predicted octanol–water partition coefficient (Wildman–Crippen LogP) is 1.41. The van der Waals surface area contributed by atoms with Crippen LogP contribution in [0.4, 0.5) is 0 Å². The van der Waals surface area contributed by atoms with Gasteiger partial charge in [-0.1, -0.05) is 44.2 Å². The minimum Gasteiger partial charge on any atom is -0.357 e. The first-order valence-corrected chi connectivity index (χ1v) is 9.68. The van der Waals surface area contributed by atoms with Gasteiger partial charge in [0.25, 0.3) is 0 Å². The quantitative estimate of drug-likeness (QED) is 0.527. The van der Waals surface area contributed by atoms with E-state index in [1.54, 1.807) is 0 Å². The van der Waals surface area contributed by atoms with Crippen LogP contribution in [0, 0.1) is 0 Å². The first kappa shape index (κ1) is 19.4. The molecule has 0 saturated heterocycles. The zero-order chi connectivity index (χ0) is 17.1. The molecule has 0 aliphatic heterocycles. The molecule has 0 unspecified atom stereocenters. The molecule has 0 radical (unpaired) electrons. The average molecular weight is 340 g/mol. The summed E-state index contributed by atoms with van der Waals surface area (Å²) in [5.41, 5.74) is 1.11. The molecule has 0 aliphatic carbocycles. The normalized spacial score (nSPS) is 12.4. The van der Waals surface area contributed by atoms with E-state index in [9.17, 15) is 8.42 Å². The molecule has 7 heteroatoms. The molecule has 1 aromatic carbocycles. The molecule has 0 fully saturated rings. The van der Waals surface area contributed by atoms with Crippen LogP contribution in [-0.4, -0.2) is 50.6 Å². The number of hydrogen-bond donors (Lipinski definition) is 2. The van der Waals surface area contributed by atoms with E-state index in [0.29, 0.717) is 32.1 Å². The predicted molar refractivity (Wildman–Crippen MR) is 96.0 cm³/mol. The zero-order valence-electron chi connectivity index (χ0n) is 14.2. The standard InChI is InChI=1S/C16H28N4O2S/c1-4-17-16(19-14-15-10-8-7-9-11-15)18-12-13-23(21,22)20(5-2)6-3/h7-11H,4-6,12-14H2,1-3H3,(H2,17,18,19). The Bertz CT molecular complexity index is 569. The zero-order valence-corrected chi connectivity index (χ0v) is 15.1. The third-order valence-electron chi connectivity index (χ3n) is 3.36. The molecule has 130 valence electrons. The van der Waals surface area contributed by atoms with E-state index < -0.39 is 10.0 Å². The fourth-order valence-corrected chi connectivity index (χ4v) is 3.55. The summed E-state index contributed by atoms with van der Waals surface area (Å²) in [6.07, 6.45) is 0. The maximum absolute atomic E-state index is 12.1. The summed E-state index contributed by atoms with van der Waals surface area (Å²) in [6, 6.07) is 9.94. The van der Waals surface area contributed by atoms with Crippen LogP contribution < -0.4 is 10.6 Å². The third-order valence-corrected chi connectivity index (χ3v) is 5.38. The van der Waals surface area contributed by atoms with Gasteiger partial charge in [0.05, 0.1) is 12.3 Å². The van der Waals surface area contributed by atoms with Crippen LogP contribution >= 0.6 is 0 Å². The molecule has 6 nitrogen and oxygen atoms in total. The lowest BCUT2D eigenvalue weighted by atomic mass is 10.2. The van der Waals surface area contributed by atoms with Gasteiger partial charge in [0.15, 0.2) is 5.96 Å². The Labute approximate surface area is 140 Å². The third kappa shape index (κ3) is 7.00. The Morgan fingerprint density at radius 1 is 1.09 bits per heavy atom. The molecule has 0 atom stereocenters. The summed E-state index contributed by atoms with van der Waals surface area (Å²) in [6.45, 7) is 8.29. The Balaban J connectivity index is 2.56. The van der Waals surface area contributed by atoms with Gasteiger partial charge in [-0.15, -0.1) is 0 Å². The fraction of sp³-hybridized carbons (Fsp3) is 0.562. The van der Waals surface area contributed by atoms with Crippen molar-refractivity contribution in [2.24, 2.45) is 4.99 Å². The van der Waals surface area contributed by atoms with Gasteiger partial charge in [0.2, 0.25) is 10.0 Å². The van der Waals surface area contributed by atoms with Crippen LogP contribution in [0.3, 0.4) is 0 Å². The number of guanidine groups is 1. The second-order valence-electron chi connectivity index (χ2n) is 5.01. The van der Waals surface area contributed by atoms with Gasteiger partial charge < -0.3 is 10.6 Å². The lowest BCUT2D eigenvalue weighted by molar-refractivity contribution is 0.445. The summed E-state index contributed by atoms with van der Waals surface area (Å²) in [4.78, 5) is 4.47. The minimum atomic E-state index is -3.21. The summed E-state index contributed by atoms with van der Waals surface area (Å²) in [7, 11) is -3.21. The largest absolute Gasteiger partial charge is 0.357 e. The SMILES string of the molecule is CCNC(=NCc1ccccc1)NCCS(=O)(=O)N(CC)CC. The summed E-state index contributed by atoms with van der Waals surface area (Å²) < 4.78 is 25.7. The number of benzene rings is 1. The van der Waals surface area contributed by atoms with Crippen molar-refractivity contribution >= 4 is 16.0 Å². The van der Waals surface area contributed by atoms with Crippen LogP contribution in [0.15, 0.2) is 35.3 Å². The van der Waals surface area contributed by atoms with Gasteiger partial charge >= 0.3 is 0 Å². The van der Waals surface area contributed by atoms with Gasteiger partial charge in [-0.25, -0.2) is 17.7 Å². The number of sulfonamides is 1. The summed E-state index contributed by atoms with van der Waals surface area (Å²) >= 11 is 0. The summed E-state index contributed by atoms with van der Waals surface area (Å²) in [5.74, 6) is 0.691. The van der Waals surface area contributed by atoms with Gasteiger partial charge in [0, 0.05) is 26.2 Å². The molecule has 0 heterocycles. The van der Waals surface area contributed by atoms with Crippen molar-refractivity contribution in [1.29, 1.82) is 0 Å². The molecule has 2 N–H and O–H groups in total. The Morgan fingerprint density at radius 3 is 2.30 bits per heavy atom. The lowest BCUT2D eigenvalue weighted by Gasteiger charge is -2.19. The number of nitrogens with one attached hydrogen (secondary N) is 2. The van der Waals surface area contributed by atoms with E-state index in [2.05, 4.69) is 15.6 Å². The van der Waals surface area contributed by atoms with Crippen molar-refractivity contribution in [2.75, 3.05) is 31.9 Å². The number of nitrogens with zero attached hydrogens (tertiary/aromatic N) is 2. The smallest absolute Gasteiger partial charge is 0.215 e. The first-order valence-electron chi connectivity index (χ1n) is 8.07. The van der Waals surface area contributed by atoms with Crippen molar-refractivity contribution in [1.82, 2.24) is 14.9 Å². The Kier molecular flexibility index (Phi) is 8.65. The highest BCUT2D eigenvalue weighted by atomic mass is 32.2. The molecule has 0 saturated carbocycles. The number of aliphatic imine (C=N–C) groups is 1.